The number of hydrogen-bond donors (Lipinski definition) is 3. The monoisotopic (exact) mass is 1490 g/mol. The molecule has 606 valence electrons. The molecule has 0 saturated carbocycles. The Balaban J connectivity index is 5.26. The number of aliphatic hydroxyl groups is 1. The molecule has 19 heteroatoms. The lowest BCUT2D eigenvalue weighted by Gasteiger charge is -2.21. The zero-order valence-electron chi connectivity index (χ0n) is 66.8. The van der Waals surface area contributed by atoms with Crippen molar-refractivity contribution in [3.05, 3.63) is 0 Å². The quantitative estimate of drug-likeness (QED) is 0.0222. The van der Waals surface area contributed by atoms with Crippen molar-refractivity contribution < 1.29 is 80.2 Å². The minimum Gasteiger partial charge on any atom is -0.462 e. The Kier molecular flexibility index (Phi) is 74.4. The summed E-state index contributed by atoms with van der Waals surface area (Å²) >= 11 is 0. The first kappa shape index (κ1) is 100. The van der Waals surface area contributed by atoms with Gasteiger partial charge in [0.25, 0.3) is 0 Å². The van der Waals surface area contributed by atoms with Crippen molar-refractivity contribution in [2.45, 2.75) is 464 Å². The third-order valence-corrected chi connectivity index (χ3v) is 21.8. The number of carbonyl (C=O) groups is 4. The van der Waals surface area contributed by atoms with Gasteiger partial charge in [0.15, 0.2) is 12.2 Å². The van der Waals surface area contributed by atoms with E-state index in [1.54, 1.807) is 0 Å². The SMILES string of the molecule is CCCCCCCCCCCCCCCCCCCCC(=O)OC[C@H](COP(=O)(O)OC[C@@H](O)COP(=O)(O)OC[C@@H](COC(=O)CCCCCCCCCCCCCCC)OC(=O)CCCCCCCCCCCCCCC)OC(=O)CCCCCCCCCCCCCCCCC(C)CC. The number of phosphoric acid groups is 2. The highest BCUT2D eigenvalue weighted by Gasteiger charge is 2.30. The molecule has 0 radical (unpaired) electrons. The predicted octanol–water partition coefficient (Wildman–Crippen LogP) is 25.2. The summed E-state index contributed by atoms with van der Waals surface area (Å²) in [7, 11) is -9.92. The molecule has 0 saturated heterocycles. The number of phosphoric ester groups is 2. The topological polar surface area (TPSA) is 237 Å². The van der Waals surface area contributed by atoms with Crippen LogP contribution in [-0.2, 0) is 65.4 Å². The number of carbonyl (C=O) groups excluding carboxylic acids is 4. The van der Waals surface area contributed by atoms with E-state index in [0.717, 1.165) is 95.8 Å². The van der Waals surface area contributed by atoms with Crippen LogP contribution in [0, 0.1) is 5.92 Å². The molecule has 0 rings (SSSR count). The van der Waals surface area contributed by atoms with E-state index in [-0.39, 0.29) is 25.7 Å². The summed E-state index contributed by atoms with van der Waals surface area (Å²) in [6.07, 6.45) is 67.8. The van der Waals surface area contributed by atoms with Crippen LogP contribution in [-0.4, -0.2) is 96.7 Å². The number of unbranched alkanes of at least 4 members (excludes halogenated alkanes) is 54. The molecule has 0 amide bonds. The van der Waals surface area contributed by atoms with Gasteiger partial charge in [-0.1, -0.05) is 394 Å². The van der Waals surface area contributed by atoms with Crippen LogP contribution in [0.5, 0.6) is 0 Å². The van der Waals surface area contributed by atoms with Gasteiger partial charge in [-0.05, 0) is 31.6 Å². The van der Waals surface area contributed by atoms with Gasteiger partial charge >= 0.3 is 39.5 Å². The van der Waals surface area contributed by atoms with Crippen LogP contribution in [0.4, 0.5) is 0 Å². The number of rotatable bonds is 83. The second-order valence-corrected chi connectivity index (χ2v) is 33.0. The van der Waals surface area contributed by atoms with Crippen molar-refractivity contribution in [2.75, 3.05) is 39.6 Å². The van der Waals surface area contributed by atoms with E-state index in [1.165, 1.54) is 270 Å². The lowest BCUT2D eigenvalue weighted by atomic mass is 9.99. The normalized spacial score (nSPS) is 14.1. The zero-order chi connectivity index (χ0) is 74.8. The Morgan fingerprint density at radius 3 is 0.696 bits per heavy atom. The largest absolute Gasteiger partial charge is 0.472 e. The molecule has 6 atom stereocenters. The summed E-state index contributed by atoms with van der Waals surface area (Å²) in [6, 6.07) is 0. The first-order chi connectivity index (χ1) is 49.6. The molecule has 0 bridgehead atoms. The number of ether oxygens (including phenoxy) is 4. The second-order valence-electron chi connectivity index (χ2n) is 30.1. The van der Waals surface area contributed by atoms with Crippen molar-refractivity contribution in [1.82, 2.24) is 0 Å². The van der Waals surface area contributed by atoms with E-state index < -0.39 is 97.5 Å². The maximum atomic E-state index is 13.1. The number of hydrogen-bond acceptors (Lipinski definition) is 15. The van der Waals surface area contributed by atoms with Gasteiger partial charge in [-0.25, -0.2) is 9.13 Å². The van der Waals surface area contributed by atoms with Crippen LogP contribution >= 0.6 is 15.6 Å². The molecule has 0 spiro atoms. The van der Waals surface area contributed by atoms with Crippen molar-refractivity contribution in [3.8, 4) is 0 Å². The van der Waals surface area contributed by atoms with Crippen molar-refractivity contribution in [2.24, 2.45) is 5.92 Å². The van der Waals surface area contributed by atoms with Gasteiger partial charge in [-0.3, -0.25) is 37.3 Å². The van der Waals surface area contributed by atoms with E-state index in [0.29, 0.717) is 25.7 Å². The van der Waals surface area contributed by atoms with E-state index in [9.17, 15) is 43.2 Å². The van der Waals surface area contributed by atoms with Gasteiger partial charge in [0.1, 0.15) is 19.3 Å². The molecule has 17 nitrogen and oxygen atoms in total. The molecule has 0 aromatic heterocycles. The van der Waals surface area contributed by atoms with Crippen LogP contribution in [0.15, 0.2) is 0 Å². The summed E-state index contributed by atoms with van der Waals surface area (Å²) in [5.41, 5.74) is 0. The molecule has 0 aliphatic heterocycles. The fraction of sp³-hybridized carbons (Fsp3) is 0.952. The van der Waals surface area contributed by atoms with E-state index in [2.05, 4.69) is 34.6 Å². The van der Waals surface area contributed by atoms with Gasteiger partial charge in [0.05, 0.1) is 26.4 Å². The van der Waals surface area contributed by atoms with Crippen molar-refractivity contribution in [1.29, 1.82) is 0 Å². The maximum absolute atomic E-state index is 13.1. The van der Waals surface area contributed by atoms with Gasteiger partial charge in [-0.15, -0.1) is 0 Å². The first-order valence-electron chi connectivity index (χ1n) is 43.2. The van der Waals surface area contributed by atoms with Gasteiger partial charge in [0, 0.05) is 25.7 Å². The van der Waals surface area contributed by atoms with E-state index in [1.807, 2.05) is 0 Å². The lowest BCUT2D eigenvalue weighted by Crippen LogP contribution is -2.30. The third-order valence-electron chi connectivity index (χ3n) is 19.9. The van der Waals surface area contributed by atoms with Crippen LogP contribution in [0.25, 0.3) is 0 Å². The molecular weight excluding hydrogens is 1330 g/mol. The van der Waals surface area contributed by atoms with Gasteiger partial charge in [0.2, 0.25) is 0 Å². The second kappa shape index (κ2) is 75.9. The Labute approximate surface area is 626 Å². The van der Waals surface area contributed by atoms with Crippen molar-refractivity contribution in [3.63, 3.8) is 0 Å². The predicted molar refractivity (Wildman–Crippen MR) is 418 cm³/mol. The summed E-state index contributed by atoms with van der Waals surface area (Å²) in [6.45, 7) is 7.41. The Bertz CT molecular complexity index is 1950. The number of aliphatic hydroxyl groups excluding tert-OH is 1. The van der Waals surface area contributed by atoms with Crippen LogP contribution in [0.2, 0.25) is 0 Å². The first-order valence-corrected chi connectivity index (χ1v) is 46.2. The molecule has 0 fully saturated rings. The van der Waals surface area contributed by atoms with Gasteiger partial charge in [-0.2, -0.15) is 0 Å². The Morgan fingerprint density at radius 2 is 0.471 bits per heavy atom. The van der Waals surface area contributed by atoms with E-state index in [4.69, 9.17) is 37.0 Å². The lowest BCUT2D eigenvalue weighted by molar-refractivity contribution is -0.161. The average Bonchev–Trinajstić information content (AvgIpc) is 0.926. The van der Waals surface area contributed by atoms with E-state index >= 15 is 0 Å². The van der Waals surface area contributed by atoms with Crippen molar-refractivity contribution >= 4 is 39.5 Å². The van der Waals surface area contributed by atoms with Crippen LogP contribution < -0.4 is 0 Å². The van der Waals surface area contributed by atoms with Crippen LogP contribution in [0.3, 0.4) is 0 Å². The molecular formula is C83H162O17P2. The molecule has 0 aliphatic carbocycles. The maximum Gasteiger partial charge on any atom is 0.472 e. The molecule has 0 aromatic carbocycles. The summed E-state index contributed by atoms with van der Waals surface area (Å²) < 4.78 is 68.8. The van der Waals surface area contributed by atoms with Crippen LogP contribution in [0.1, 0.15) is 446 Å². The molecule has 0 aromatic rings. The Morgan fingerprint density at radius 1 is 0.275 bits per heavy atom. The summed E-state index contributed by atoms with van der Waals surface area (Å²) in [4.78, 5) is 73.1. The minimum absolute atomic E-state index is 0.109. The third kappa shape index (κ3) is 74.9. The number of esters is 4. The molecule has 0 aliphatic rings. The standard InChI is InChI=1S/C83H162O17P2/c1-6-10-13-16-19-22-25-28-29-30-31-32-38-42-47-52-57-62-67-81(86)94-73-79(100-83(88)69-64-59-54-49-44-39-34-33-37-40-45-50-55-60-65-76(5)9-4)75-98-102(91,92)96-71-77(84)70-95-101(89,90)97-74-78(99-82(87)68-63-58-53-48-43-36-27-24-21-18-15-12-8-3)72-93-80(85)66-61-56-51-46-41-35-26-23-20-17-14-11-7-2/h76-79,84H,6-75H2,1-5H3,(H,89,90)(H,91,92)/t76?,77-,78+,79+/m0/s1. The molecule has 3 unspecified atom stereocenters. The highest BCUT2D eigenvalue weighted by Crippen LogP contribution is 2.45. The molecule has 102 heavy (non-hydrogen) atoms. The fourth-order valence-electron chi connectivity index (χ4n) is 12.9. The summed E-state index contributed by atoms with van der Waals surface area (Å²) in [5, 5.41) is 10.7. The highest BCUT2D eigenvalue weighted by atomic mass is 31.2. The minimum atomic E-state index is -4.96. The highest BCUT2D eigenvalue weighted by molar-refractivity contribution is 7.47. The smallest absolute Gasteiger partial charge is 0.462 e. The fourth-order valence-corrected chi connectivity index (χ4v) is 14.5. The average molecular weight is 1490 g/mol. The zero-order valence-corrected chi connectivity index (χ0v) is 68.5. The van der Waals surface area contributed by atoms with Gasteiger partial charge < -0.3 is 33.8 Å². The molecule has 0 heterocycles. The Hall–Kier alpha value is -1.94. The summed E-state index contributed by atoms with van der Waals surface area (Å²) in [5.74, 6) is -1.25. The molecule has 3 N–H and O–H groups in total.